The van der Waals surface area contributed by atoms with E-state index in [1.54, 1.807) is 25.1 Å². The Hall–Kier alpha value is -1.29. The van der Waals surface area contributed by atoms with E-state index in [2.05, 4.69) is 10.1 Å². The van der Waals surface area contributed by atoms with Gasteiger partial charge in [0.1, 0.15) is 11.9 Å². The van der Waals surface area contributed by atoms with E-state index in [9.17, 15) is 9.18 Å². The molecule has 84 valence electrons. The van der Waals surface area contributed by atoms with Crippen LogP contribution in [0.3, 0.4) is 0 Å². The number of anilines is 1. The lowest BCUT2D eigenvalue weighted by Crippen LogP contribution is -2.27. The molecule has 0 aromatic heterocycles. The van der Waals surface area contributed by atoms with Crippen LogP contribution in [0.5, 0.6) is 0 Å². The first-order valence-corrected chi connectivity index (χ1v) is 4.24. The van der Waals surface area contributed by atoms with Crippen molar-refractivity contribution < 1.29 is 13.9 Å². The molecule has 1 aromatic rings. The van der Waals surface area contributed by atoms with Crippen LogP contribution in [0.1, 0.15) is 6.92 Å². The first-order valence-electron chi connectivity index (χ1n) is 4.24. The highest BCUT2D eigenvalue weighted by Gasteiger charge is 2.13. The van der Waals surface area contributed by atoms with E-state index in [0.717, 1.165) is 0 Å². The molecule has 0 bridgehead atoms. The number of nitrogens with one attached hydrogen (secondary N) is 1. The molecule has 0 fully saturated rings. The third-order valence-corrected chi connectivity index (χ3v) is 1.80. The van der Waals surface area contributed by atoms with Crippen LogP contribution in [0.15, 0.2) is 24.3 Å². The van der Waals surface area contributed by atoms with Crippen molar-refractivity contribution in [2.75, 3.05) is 12.4 Å². The van der Waals surface area contributed by atoms with E-state index in [4.69, 9.17) is 0 Å². The molecule has 1 aromatic carbocycles. The van der Waals surface area contributed by atoms with Crippen molar-refractivity contribution in [2.45, 2.75) is 13.0 Å². The zero-order valence-electron chi connectivity index (χ0n) is 8.49. The minimum absolute atomic E-state index is 0. The Balaban J connectivity index is 0.00000196. The molecule has 15 heavy (non-hydrogen) atoms. The van der Waals surface area contributed by atoms with Gasteiger partial charge in [0.2, 0.25) is 0 Å². The Morgan fingerprint density at radius 1 is 1.47 bits per heavy atom. The van der Waals surface area contributed by atoms with Crippen molar-refractivity contribution in [1.29, 1.82) is 0 Å². The molecule has 0 spiro atoms. The van der Waals surface area contributed by atoms with E-state index in [0.29, 0.717) is 5.69 Å². The van der Waals surface area contributed by atoms with Gasteiger partial charge in [0.05, 0.1) is 12.8 Å². The molecule has 1 N–H and O–H groups in total. The number of hydrogen-bond donors (Lipinski definition) is 1. The summed E-state index contributed by atoms with van der Waals surface area (Å²) in [6.45, 7) is 1.61. The predicted molar refractivity (Wildman–Crippen MR) is 58.7 cm³/mol. The molecule has 3 nitrogen and oxygen atoms in total. The number of benzene rings is 1. The van der Waals surface area contributed by atoms with Crippen molar-refractivity contribution in [2.24, 2.45) is 0 Å². The van der Waals surface area contributed by atoms with E-state index < -0.39 is 12.0 Å². The van der Waals surface area contributed by atoms with Crippen molar-refractivity contribution in [3.8, 4) is 0 Å². The number of hydrogen-bond acceptors (Lipinski definition) is 3. The number of halogens is 2. The number of esters is 1. The molecule has 0 unspecified atom stereocenters. The number of carbonyl (C=O) groups excluding carboxylic acids is 1. The SMILES string of the molecule is COC(=O)[C@@H](C)Nc1ccccc1F.Cl. The quantitative estimate of drug-likeness (QED) is 0.814. The minimum atomic E-state index is -0.558. The van der Waals surface area contributed by atoms with Crippen LogP contribution in [0.4, 0.5) is 10.1 Å². The highest BCUT2D eigenvalue weighted by molar-refractivity contribution is 5.85. The average molecular weight is 234 g/mol. The molecule has 1 atom stereocenters. The Kier molecular flexibility index (Phi) is 5.70. The van der Waals surface area contributed by atoms with Gasteiger partial charge in [0.25, 0.3) is 0 Å². The molecule has 5 heteroatoms. The van der Waals surface area contributed by atoms with Crippen LogP contribution in [-0.4, -0.2) is 19.1 Å². The summed E-state index contributed by atoms with van der Waals surface area (Å²) in [6, 6.07) is 5.61. The zero-order chi connectivity index (χ0) is 10.6. The van der Waals surface area contributed by atoms with Gasteiger partial charge in [-0.3, -0.25) is 0 Å². The summed E-state index contributed by atoms with van der Waals surface area (Å²) >= 11 is 0. The van der Waals surface area contributed by atoms with Crippen molar-refractivity contribution >= 4 is 24.1 Å². The Morgan fingerprint density at radius 3 is 2.60 bits per heavy atom. The minimum Gasteiger partial charge on any atom is -0.467 e. The fraction of sp³-hybridized carbons (Fsp3) is 0.300. The second kappa shape index (κ2) is 6.24. The molecule has 0 aliphatic rings. The molecule has 0 heterocycles. The van der Waals surface area contributed by atoms with Crippen LogP contribution in [0.25, 0.3) is 0 Å². The molecule has 0 aliphatic carbocycles. The molecule has 0 radical (unpaired) electrons. The summed E-state index contributed by atoms with van der Waals surface area (Å²) in [5, 5.41) is 2.71. The van der Waals surface area contributed by atoms with Gasteiger partial charge >= 0.3 is 5.97 Å². The van der Waals surface area contributed by atoms with Gasteiger partial charge in [-0.15, -0.1) is 12.4 Å². The third-order valence-electron chi connectivity index (χ3n) is 1.80. The van der Waals surface area contributed by atoms with Gasteiger partial charge < -0.3 is 10.1 Å². The van der Waals surface area contributed by atoms with Gasteiger partial charge in [-0.2, -0.15) is 0 Å². The Labute approximate surface area is 94.0 Å². The van der Waals surface area contributed by atoms with Crippen LogP contribution in [-0.2, 0) is 9.53 Å². The lowest BCUT2D eigenvalue weighted by Gasteiger charge is -2.12. The normalized spacial score (nSPS) is 11.1. The molecule has 0 saturated carbocycles. The fourth-order valence-corrected chi connectivity index (χ4v) is 1.05. The number of methoxy groups -OCH3 is 1. The van der Waals surface area contributed by atoms with Crippen molar-refractivity contribution in [3.63, 3.8) is 0 Å². The summed E-state index contributed by atoms with van der Waals surface area (Å²) < 4.78 is 17.6. The maximum absolute atomic E-state index is 13.1. The standard InChI is InChI=1S/C10H12FNO2.ClH/c1-7(10(13)14-2)12-9-6-4-3-5-8(9)11;/h3-7,12H,1-2H3;1H/t7-;/m1./s1. The van der Waals surface area contributed by atoms with Crippen molar-refractivity contribution in [1.82, 2.24) is 0 Å². The van der Waals surface area contributed by atoms with Crippen LogP contribution in [0, 0.1) is 5.82 Å². The lowest BCUT2D eigenvalue weighted by molar-refractivity contribution is -0.141. The van der Waals surface area contributed by atoms with Gasteiger partial charge in [-0.1, -0.05) is 12.1 Å². The maximum atomic E-state index is 13.1. The number of ether oxygens (including phenoxy) is 1. The van der Waals surface area contributed by atoms with Crippen molar-refractivity contribution in [3.05, 3.63) is 30.1 Å². The molecular weight excluding hydrogens is 221 g/mol. The number of rotatable bonds is 3. The first-order chi connectivity index (χ1) is 6.65. The van der Waals surface area contributed by atoms with E-state index in [-0.39, 0.29) is 18.2 Å². The van der Waals surface area contributed by atoms with Gasteiger partial charge in [0.15, 0.2) is 0 Å². The number of para-hydroxylation sites is 1. The van der Waals surface area contributed by atoms with E-state index in [1.165, 1.54) is 13.2 Å². The summed E-state index contributed by atoms with van der Waals surface area (Å²) in [5.74, 6) is -0.809. The highest BCUT2D eigenvalue weighted by atomic mass is 35.5. The molecule has 0 aliphatic heterocycles. The molecule has 0 saturated heterocycles. The topological polar surface area (TPSA) is 38.3 Å². The summed E-state index contributed by atoms with van der Waals surface area (Å²) in [6.07, 6.45) is 0. The first kappa shape index (κ1) is 13.7. The largest absolute Gasteiger partial charge is 0.467 e. The maximum Gasteiger partial charge on any atom is 0.327 e. The van der Waals surface area contributed by atoms with Crippen LogP contribution < -0.4 is 5.32 Å². The monoisotopic (exact) mass is 233 g/mol. The predicted octanol–water partition coefficient (Wildman–Crippen LogP) is 2.22. The highest BCUT2D eigenvalue weighted by Crippen LogP contribution is 2.13. The van der Waals surface area contributed by atoms with E-state index >= 15 is 0 Å². The smallest absolute Gasteiger partial charge is 0.327 e. The van der Waals surface area contributed by atoms with Gasteiger partial charge in [0, 0.05) is 0 Å². The summed E-state index contributed by atoms with van der Waals surface area (Å²) in [7, 11) is 1.29. The van der Waals surface area contributed by atoms with Gasteiger partial charge in [-0.25, -0.2) is 9.18 Å². The second-order valence-corrected chi connectivity index (χ2v) is 2.87. The summed E-state index contributed by atoms with van der Waals surface area (Å²) in [4.78, 5) is 11.0. The van der Waals surface area contributed by atoms with Crippen LogP contribution in [0.2, 0.25) is 0 Å². The zero-order valence-corrected chi connectivity index (χ0v) is 9.31. The van der Waals surface area contributed by atoms with Gasteiger partial charge in [-0.05, 0) is 19.1 Å². The molecule has 1 rings (SSSR count). The second-order valence-electron chi connectivity index (χ2n) is 2.87. The molecular formula is C10H13ClFNO2. The third kappa shape index (κ3) is 3.75. The van der Waals surface area contributed by atoms with E-state index in [1.807, 2.05) is 0 Å². The summed E-state index contributed by atoms with van der Waals surface area (Å²) in [5.41, 5.74) is 0.297. The molecule has 0 amide bonds. The van der Waals surface area contributed by atoms with Crippen LogP contribution >= 0.6 is 12.4 Å². The lowest BCUT2D eigenvalue weighted by atomic mass is 10.2. The fourth-order valence-electron chi connectivity index (χ4n) is 1.05. The Bertz CT molecular complexity index is 333. The number of carbonyl (C=O) groups is 1. The average Bonchev–Trinajstić information content (AvgIpc) is 2.20. The Morgan fingerprint density at radius 2 is 2.07 bits per heavy atom.